The number of carbonyl (C=O) groups is 2. The summed E-state index contributed by atoms with van der Waals surface area (Å²) in [5.41, 5.74) is 2.02. The molecule has 3 saturated heterocycles. The van der Waals surface area contributed by atoms with Crippen molar-refractivity contribution in [3.8, 4) is 0 Å². The van der Waals surface area contributed by atoms with Crippen LogP contribution in [0.25, 0.3) is 0 Å². The van der Waals surface area contributed by atoms with Crippen molar-refractivity contribution in [2.75, 3.05) is 45.5 Å². The number of nitrogens with zero attached hydrogens (tertiary/aromatic N) is 3. The molecule has 2 aromatic rings. The van der Waals surface area contributed by atoms with Gasteiger partial charge in [0.1, 0.15) is 0 Å². The second-order valence-electron chi connectivity index (χ2n) is 12.3. The van der Waals surface area contributed by atoms with Crippen molar-refractivity contribution < 1.29 is 18.0 Å². The minimum Gasteiger partial charge on any atom is -0.341 e. The van der Waals surface area contributed by atoms with Gasteiger partial charge in [0.25, 0.3) is 0 Å². The molecule has 0 bridgehead atoms. The van der Waals surface area contributed by atoms with E-state index in [2.05, 4.69) is 40.1 Å². The molecule has 6 rings (SSSR count). The van der Waals surface area contributed by atoms with Crippen LogP contribution in [0.5, 0.6) is 0 Å². The zero-order valence-electron chi connectivity index (χ0n) is 22.8. The van der Waals surface area contributed by atoms with Gasteiger partial charge in [-0.05, 0) is 74.4 Å². The first-order chi connectivity index (χ1) is 18.7. The summed E-state index contributed by atoms with van der Waals surface area (Å²) in [4.78, 5) is 33.4. The van der Waals surface area contributed by atoms with Crippen molar-refractivity contribution in [1.29, 1.82) is 0 Å². The van der Waals surface area contributed by atoms with Gasteiger partial charge in [-0.2, -0.15) is 0 Å². The van der Waals surface area contributed by atoms with Crippen molar-refractivity contribution in [2.24, 2.45) is 17.3 Å². The lowest BCUT2D eigenvalue weighted by molar-refractivity contribution is -0.139. The molecule has 0 radical (unpaired) electrons. The van der Waals surface area contributed by atoms with Gasteiger partial charge in [0.2, 0.25) is 11.8 Å². The summed E-state index contributed by atoms with van der Waals surface area (Å²) in [5.74, 6) is 1.62. The zero-order chi connectivity index (χ0) is 27.2. The molecule has 2 atom stereocenters. The van der Waals surface area contributed by atoms with Crippen molar-refractivity contribution >= 4 is 21.7 Å². The summed E-state index contributed by atoms with van der Waals surface area (Å²) < 4.78 is 23.5. The number of hydrogen-bond acceptors (Lipinski definition) is 5. The van der Waals surface area contributed by atoms with Gasteiger partial charge in [-0.15, -0.1) is 0 Å². The molecule has 7 nitrogen and oxygen atoms in total. The SMILES string of the molecule is CS(=O)(=O)c1ccc(CN2CCC3(CCN(CC4CN(C(=O)C5CC5)CC4c4ccccc4)CC3)C2=O)cc1. The molecule has 8 heteroatoms. The molecule has 4 aliphatic rings. The highest BCUT2D eigenvalue weighted by molar-refractivity contribution is 7.90. The summed E-state index contributed by atoms with van der Waals surface area (Å²) in [6.07, 6.45) is 5.94. The molecule has 3 aliphatic heterocycles. The van der Waals surface area contributed by atoms with E-state index in [1.54, 1.807) is 12.1 Å². The molecular weight excluding hydrogens is 510 g/mol. The molecule has 208 valence electrons. The number of rotatable bonds is 7. The van der Waals surface area contributed by atoms with Crippen LogP contribution >= 0.6 is 0 Å². The topological polar surface area (TPSA) is 78.0 Å². The number of likely N-dealkylation sites (tertiary alicyclic amines) is 3. The molecule has 0 N–H and O–H groups in total. The van der Waals surface area contributed by atoms with Gasteiger partial charge in [0.15, 0.2) is 9.84 Å². The lowest BCUT2D eigenvalue weighted by Crippen LogP contribution is -2.46. The summed E-state index contributed by atoms with van der Waals surface area (Å²) in [5, 5.41) is 0. The first kappa shape index (κ1) is 26.5. The number of carbonyl (C=O) groups excluding carboxylic acids is 2. The Kier molecular flexibility index (Phi) is 7.04. The molecular formula is C31H39N3O4S. The Hall–Kier alpha value is -2.71. The molecule has 1 spiro atoms. The van der Waals surface area contributed by atoms with Crippen LogP contribution in [0.15, 0.2) is 59.5 Å². The minimum absolute atomic E-state index is 0.249. The molecule has 3 heterocycles. The standard InChI is InChI=1S/C31H39N3O4S/c1-39(37,38)27-11-7-23(8-12-27)19-33-18-15-31(30(33)36)13-16-32(17-14-31)20-26-21-34(29(35)25-9-10-25)22-28(26)24-5-3-2-4-6-24/h2-8,11-12,25-26,28H,9-10,13-22H2,1H3. The summed E-state index contributed by atoms with van der Waals surface area (Å²) >= 11 is 0. The molecule has 1 saturated carbocycles. The van der Waals surface area contributed by atoms with Gasteiger partial charge in [-0.1, -0.05) is 42.5 Å². The maximum atomic E-state index is 13.6. The van der Waals surface area contributed by atoms with Gasteiger partial charge in [-0.25, -0.2) is 8.42 Å². The van der Waals surface area contributed by atoms with E-state index in [9.17, 15) is 18.0 Å². The second-order valence-corrected chi connectivity index (χ2v) is 14.3. The number of sulfone groups is 1. The van der Waals surface area contributed by atoms with Crippen LogP contribution in [0.4, 0.5) is 0 Å². The van der Waals surface area contributed by atoms with Crippen molar-refractivity contribution in [1.82, 2.24) is 14.7 Å². The van der Waals surface area contributed by atoms with Gasteiger partial charge < -0.3 is 14.7 Å². The predicted octanol–water partition coefficient (Wildman–Crippen LogP) is 3.56. The van der Waals surface area contributed by atoms with Crippen LogP contribution < -0.4 is 0 Å². The van der Waals surface area contributed by atoms with E-state index in [1.165, 1.54) is 11.8 Å². The molecule has 39 heavy (non-hydrogen) atoms. The summed E-state index contributed by atoms with van der Waals surface area (Å²) in [6, 6.07) is 17.5. The Labute approximate surface area is 232 Å². The highest BCUT2D eigenvalue weighted by Gasteiger charge is 2.49. The predicted molar refractivity (Wildman–Crippen MR) is 150 cm³/mol. The average molecular weight is 550 g/mol. The third-order valence-electron chi connectivity index (χ3n) is 9.54. The smallest absolute Gasteiger partial charge is 0.229 e. The van der Waals surface area contributed by atoms with Gasteiger partial charge in [-0.3, -0.25) is 9.59 Å². The number of benzene rings is 2. The van der Waals surface area contributed by atoms with Crippen molar-refractivity contribution in [3.63, 3.8) is 0 Å². The maximum Gasteiger partial charge on any atom is 0.229 e. The number of piperidine rings is 1. The lowest BCUT2D eigenvalue weighted by Gasteiger charge is -2.39. The van der Waals surface area contributed by atoms with Crippen LogP contribution in [0.1, 0.15) is 49.1 Å². The fourth-order valence-electron chi connectivity index (χ4n) is 6.97. The normalized spacial score (nSPS) is 25.5. The van der Waals surface area contributed by atoms with Crippen LogP contribution in [0.3, 0.4) is 0 Å². The largest absolute Gasteiger partial charge is 0.341 e. The molecule has 2 amide bonds. The van der Waals surface area contributed by atoms with Crippen LogP contribution in [0.2, 0.25) is 0 Å². The van der Waals surface area contributed by atoms with E-state index in [0.29, 0.717) is 29.2 Å². The minimum atomic E-state index is -3.23. The number of hydrogen-bond donors (Lipinski definition) is 0. The molecule has 0 aromatic heterocycles. The Bertz CT molecular complexity index is 1320. The monoisotopic (exact) mass is 549 g/mol. The van der Waals surface area contributed by atoms with E-state index in [1.807, 2.05) is 17.0 Å². The van der Waals surface area contributed by atoms with Crippen LogP contribution in [-0.4, -0.2) is 80.5 Å². The molecule has 1 aliphatic carbocycles. The highest BCUT2D eigenvalue weighted by atomic mass is 32.2. The first-order valence-electron chi connectivity index (χ1n) is 14.4. The Morgan fingerprint density at radius 3 is 2.23 bits per heavy atom. The quantitative estimate of drug-likeness (QED) is 0.528. The molecule has 4 fully saturated rings. The number of amides is 2. The Morgan fingerprint density at radius 2 is 1.59 bits per heavy atom. The lowest BCUT2D eigenvalue weighted by atomic mass is 9.76. The van der Waals surface area contributed by atoms with Gasteiger partial charge in [0, 0.05) is 50.8 Å². The Balaban J connectivity index is 1.07. The van der Waals surface area contributed by atoms with E-state index in [0.717, 1.165) is 76.9 Å². The van der Waals surface area contributed by atoms with Crippen LogP contribution in [-0.2, 0) is 26.0 Å². The fraction of sp³-hybridized carbons (Fsp3) is 0.548. The third-order valence-corrected chi connectivity index (χ3v) is 10.7. The summed E-state index contributed by atoms with van der Waals surface area (Å²) in [6.45, 7) is 5.73. The van der Waals surface area contributed by atoms with Gasteiger partial charge >= 0.3 is 0 Å². The maximum absolute atomic E-state index is 13.6. The van der Waals surface area contributed by atoms with E-state index < -0.39 is 9.84 Å². The van der Waals surface area contributed by atoms with Gasteiger partial charge in [0.05, 0.1) is 10.3 Å². The molecule has 2 unspecified atom stereocenters. The van der Waals surface area contributed by atoms with Crippen molar-refractivity contribution in [3.05, 3.63) is 65.7 Å². The van der Waals surface area contributed by atoms with Crippen molar-refractivity contribution in [2.45, 2.75) is 49.5 Å². The second kappa shape index (κ2) is 10.4. The zero-order valence-corrected chi connectivity index (χ0v) is 23.6. The fourth-order valence-corrected chi connectivity index (χ4v) is 7.60. The van der Waals surface area contributed by atoms with E-state index in [-0.39, 0.29) is 17.2 Å². The van der Waals surface area contributed by atoms with E-state index >= 15 is 0 Å². The highest BCUT2D eigenvalue weighted by Crippen LogP contribution is 2.43. The van der Waals surface area contributed by atoms with E-state index in [4.69, 9.17) is 0 Å². The average Bonchev–Trinajstić information content (AvgIpc) is 3.65. The Morgan fingerprint density at radius 1 is 0.923 bits per heavy atom. The molecule has 2 aromatic carbocycles. The van der Waals surface area contributed by atoms with Crippen LogP contribution in [0, 0.1) is 17.3 Å². The third kappa shape index (κ3) is 5.50. The summed E-state index contributed by atoms with van der Waals surface area (Å²) in [7, 11) is -3.23. The first-order valence-corrected chi connectivity index (χ1v) is 16.3.